The second kappa shape index (κ2) is 6.77. The maximum atomic E-state index is 4.20. The van der Waals surface area contributed by atoms with Crippen LogP contribution in [0.2, 0.25) is 0 Å². The first-order chi connectivity index (χ1) is 8.34. The van der Waals surface area contributed by atoms with Crippen LogP contribution in [0.15, 0.2) is 18.5 Å². The van der Waals surface area contributed by atoms with Gasteiger partial charge in [-0.05, 0) is 38.9 Å². The van der Waals surface area contributed by atoms with Crippen molar-refractivity contribution >= 4 is 0 Å². The molecular weight excluding hydrogens is 212 g/mol. The van der Waals surface area contributed by atoms with Gasteiger partial charge in [-0.3, -0.25) is 4.68 Å². The zero-order valence-corrected chi connectivity index (χ0v) is 10.8. The zero-order chi connectivity index (χ0) is 11.9. The molecule has 1 atom stereocenters. The fourth-order valence-corrected chi connectivity index (χ4v) is 2.45. The number of likely N-dealkylation sites (tertiary alicyclic amines) is 1. The molecule has 0 bridgehead atoms. The van der Waals surface area contributed by atoms with Crippen LogP contribution in [0.1, 0.15) is 26.2 Å². The molecule has 0 aromatic carbocycles. The van der Waals surface area contributed by atoms with Gasteiger partial charge in [0.2, 0.25) is 0 Å². The lowest BCUT2D eigenvalue weighted by atomic mass is 10.1. The summed E-state index contributed by atoms with van der Waals surface area (Å²) in [7, 11) is 0. The molecule has 0 amide bonds. The van der Waals surface area contributed by atoms with Crippen molar-refractivity contribution in [1.29, 1.82) is 0 Å². The van der Waals surface area contributed by atoms with Crippen molar-refractivity contribution in [3.8, 4) is 0 Å². The minimum Gasteiger partial charge on any atom is -0.311 e. The number of nitrogens with zero attached hydrogens (tertiary/aromatic N) is 3. The normalized spacial score (nSPS) is 19.4. The summed E-state index contributed by atoms with van der Waals surface area (Å²) < 4.78 is 1.97. The van der Waals surface area contributed by atoms with Crippen LogP contribution in [0.5, 0.6) is 0 Å². The second-order valence-corrected chi connectivity index (χ2v) is 4.99. The van der Waals surface area contributed by atoms with Crippen LogP contribution >= 0.6 is 0 Å². The standard InChI is InChI=1S/C13H24N4/c1-13(12-16-8-3-2-4-9-16)14-7-11-17-10-5-6-15-17/h5-6,10,13-14H,2-4,7-9,11-12H2,1H3. The van der Waals surface area contributed by atoms with E-state index < -0.39 is 0 Å². The molecule has 1 aliphatic heterocycles. The van der Waals surface area contributed by atoms with Crippen molar-refractivity contribution in [1.82, 2.24) is 20.0 Å². The van der Waals surface area contributed by atoms with Gasteiger partial charge in [0, 0.05) is 31.5 Å². The molecule has 17 heavy (non-hydrogen) atoms. The molecule has 1 aliphatic rings. The van der Waals surface area contributed by atoms with Crippen molar-refractivity contribution < 1.29 is 0 Å². The molecule has 4 nitrogen and oxygen atoms in total. The van der Waals surface area contributed by atoms with E-state index in [1.54, 1.807) is 0 Å². The first-order valence-electron chi connectivity index (χ1n) is 6.78. The highest BCUT2D eigenvalue weighted by Gasteiger charge is 2.12. The number of piperidine rings is 1. The maximum Gasteiger partial charge on any atom is 0.0534 e. The molecule has 2 heterocycles. The van der Waals surface area contributed by atoms with Crippen molar-refractivity contribution in [3.63, 3.8) is 0 Å². The number of nitrogens with one attached hydrogen (secondary N) is 1. The summed E-state index contributed by atoms with van der Waals surface area (Å²) in [5.74, 6) is 0. The molecule has 96 valence electrons. The summed E-state index contributed by atoms with van der Waals surface area (Å²) in [5.41, 5.74) is 0. The lowest BCUT2D eigenvalue weighted by molar-refractivity contribution is 0.208. The summed E-state index contributed by atoms with van der Waals surface area (Å²) in [6.07, 6.45) is 8.01. The zero-order valence-electron chi connectivity index (χ0n) is 10.8. The van der Waals surface area contributed by atoms with E-state index in [0.717, 1.165) is 13.1 Å². The van der Waals surface area contributed by atoms with Gasteiger partial charge >= 0.3 is 0 Å². The maximum absolute atomic E-state index is 4.20. The van der Waals surface area contributed by atoms with E-state index >= 15 is 0 Å². The molecule has 0 saturated carbocycles. The SMILES string of the molecule is CC(CN1CCCCC1)NCCn1cccn1. The van der Waals surface area contributed by atoms with E-state index in [4.69, 9.17) is 0 Å². The van der Waals surface area contributed by atoms with E-state index in [2.05, 4.69) is 22.2 Å². The Kier molecular flexibility index (Phi) is 5.01. The summed E-state index contributed by atoms with van der Waals surface area (Å²) in [6, 6.07) is 2.54. The van der Waals surface area contributed by atoms with Crippen LogP contribution in [0.4, 0.5) is 0 Å². The van der Waals surface area contributed by atoms with E-state index in [9.17, 15) is 0 Å². The van der Waals surface area contributed by atoms with Crippen LogP contribution in [0, 0.1) is 0 Å². The van der Waals surface area contributed by atoms with Gasteiger partial charge in [-0.25, -0.2) is 0 Å². The highest BCUT2D eigenvalue weighted by atomic mass is 15.3. The quantitative estimate of drug-likeness (QED) is 0.809. The summed E-state index contributed by atoms with van der Waals surface area (Å²) >= 11 is 0. The van der Waals surface area contributed by atoms with Crippen LogP contribution in [0.3, 0.4) is 0 Å². The predicted octanol–water partition coefficient (Wildman–Crippen LogP) is 1.35. The Labute approximate surface area is 104 Å². The Hall–Kier alpha value is -0.870. The Balaban J connectivity index is 1.58. The monoisotopic (exact) mass is 236 g/mol. The van der Waals surface area contributed by atoms with Gasteiger partial charge in [-0.1, -0.05) is 6.42 Å². The van der Waals surface area contributed by atoms with E-state index in [1.807, 2.05) is 23.1 Å². The van der Waals surface area contributed by atoms with Gasteiger partial charge in [0.25, 0.3) is 0 Å². The lowest BCUT2D eigenvalue weighted by Gasteiger charge is -2.29. The molecular formula is C13H24N4. The smallest absolute Gasteiger partial charge is 0.0534 e. The predicted molar refractivity (Wildman–Crippen MR) is 70.0 cm³/mol. The van der Waals surface area contributed by atoms with Crippen molar-refractivity contribution in [3.05, 3.63) is 18.5 Å². The summed E-state index contributed by atoms with van der Waals surface area (Å²) in [4.78, 5) is 2.58. The average Bonchev–Trinajstić information content (AvgIpc) is 2.83. The van der Waals surface area contributed by atoms with Crippen molar-refractivity contribution in [2.75, 3.05) is 26.2 Å². The van der Waals surface area contributed by atoms with Gasteiger partial charge < -0.3 is 10.2 Å². The summed E-state index contributed by atoms with van der Waals surface area (Å²) in [6.45, 7) is 7.97. The van der Waals surface area contributed by atoms with Gasteiger partial charge in [0.15, 0.2) is 0 Å². The third kappa shape index (κ3) is 4.48. The molecule has 1 saturated heterocycles. The van der Waals surface area contributed by atoms with E-state index in [-0.39, 0.29) is 0 Å². The Bertz CT molecular complexity index is 290. The fourth-order valence-electron chi connectivity index (χ4n) is 2.45. The van der Waals surface area contributed by atoms with E-state index in [1.165, 1.54) is 38.9 Å². The molecule has 0 spiro atoms. The molecule has 1 unspecified atom stereocenters. The fraction of sp³-hybridized carbons (Fsp3) is 0.769. The molecule has 0 aliphatic carbocycles. The van der Waals surface area contributed by atoms with Crippen LogP contribution < -0.4 is 5.32 Å². The summed E-state index contributed by atoms with van der Waals surface area (Å²) in [5, 5.41) is 7.76. The molecule has 0 radical (unpaired) electrons. The number of hydrogen-bond donors (Lipinski definition) is 1. The molecule has 4 heteroatoms. The third-order valence-electron chi connectivity index (χ3n) is 3.37. The number of hydrogen-bond acceptors (Lipinski definition) is 3. The van der Waals surface area contributed by atoms with Gasteiger partial charge in [-0.15, -0.1) is 0 Å². The minimum absolute atomic E-state index is 0.573. The largest absolute Gasteiger partial charge is 0.311 e. The number of aromatic nitrogens is 2. The molecule has 1 aromatic heterocycles. The van der Waals surface area contributed by atoms with Crippen molar-refractivity contribution in [2.45, 2.75) is 38.8 Å². The van der Waals surface area contributed by atoms with Crippen LogP contribution in [0.25, 0.3) is 0 Å². The third-order valence-corrected chi connectivity index (χ3v) is 3.37. The molecule has 1 fully saturated rings. The topological polar surface area (TPSA) is 33.1 Å². The second-order valence-electron chi connectivity index (χ2n) is 4.99. The lowest BCUT2D eigenvalue weighted by Crippen LogP contribution is -2.42. The molecule has 2 rings (SSSR count). The highest BCUT2D eigenvalue weighted by molar-refractivity contribution is 4.78. The minimum atomic E-state index is 0.573. The first kappa shape index (κ1) is 12.6. The highest BCUT2D eigenvalue weighted by Crippen LogP contribution is 2.08. The number of rotatable bonds is 6. The first-order valence-corrected chi connectivity index (χ1v) is 6.78. The van der Waals surface area contributed by atoms with Gasteiger partial charge in [0.1, 0.15) is 0 Å². The Morgan fingerprint density at radius 1 is 1.29 bits per heavy atom. The van der Waals surface area contributed by atoms with Crippen LogP contribution in [-0.2, 0) is 6.54 Å². The van der Waals surface area contributed by atoms with Gasteiger partial charge in [0.05, 0.1) is 6.54 Å². The van der Waals surface area contributed by atoms with Gasteiger partial charge in [-0.2, -0.15) is 5.10 Å². The Morgan fingerprint density at radius 2 is 2.12 bits per heavy atom. The van der Waals surface area contributed by atoms with E-state index in [0.29, 0.717) is 6.04 Å². The molecule has 1 N–H and O–H groups in total. The van der Waals surface area contributed by atoms with Crippen molar-refractivity contribution in [2.24, 2.45) is 0 Å². The Morgan fingerprint density at radius 3 is 2.82 bits per heavy atom. The van der Waals surface area contributed by atoms with Crippen LogP contribution in [-0.4, -0.2) is 46.9 Å². The molecule has 1 aromatic rings. The average molecular weight is 236 g/mol.